The fourth-order valence-electron chi connectivity index (χ4n) is 0.751. The van der Waals surface area contributed by atoms with Gasteiger partial charge in [-0.1, -0.05) is 23.2 Å². The van der Waals surface area contributed by atoms with E-state index in [9.17, 15) is 15.3 Å². The van der Waals surface area contributed by atoms with Crippen LogP contribution in [-0.2, 0) is 0 Å². The van der Waals surface area contributed by atoms with Crippen LogP contribution in [0.15, 0.2) is 23.4 Å². The molecule has 0 atom stereocenters. The summed E-state index contributed by atoms with van der Waals surface area (Å²) in [5.41, 5.74) is -0.132. The molecule has 6 nitrogen and oxygen atoms in total. The Bertz CT molecular complexity index is 407. The summed E-state index contributed by atoms with van der Waals surface area (Å²) >= 11 is 11.2. The Kier molecular flexibility index (Phi) is 3.21. The maximum absolute atomic E-state index is 11.0. The SMILES string of the molecule is O=[N+]([O-])N=[N+]([O-])c1ccc(Cl)cc1Cl. The number of halogens is 2. The second-order valence-electron chi connectivity index (χ2n) is 2.20. The molecule has 0 amide bonds. The summed E-state index contributed by atoms with van der Waals surface area (Å²) in [5, 5.41) is 22.6. The Hall–Kier alpha value is -1.40. The molecule has 0 fully saturated rings. The van der Waals surface area contributed by atoms with Gasteiger partial charge in [-0.3, -0.25) is 0 Å². The van der Waals surface area contributed by atoms with Gasteiger partial charge in [-0.2, -0.15) is 0 Å². The highest BCUT2D eigenvalue weighted by Crippen LogP contribution is 2.27. The third-order valence-electron chi connectivity index (χ3n) is 1.27. The van der Waals surface area contributed by atoms with Crippen molar-refractivity contribution in [1.29, 1.82) is 0 Å². The van der Waals surface area contributed by atoms with E-state index in [0.717, 1.165) is 0 Å². The molecule has 0 aromatic heterocycles. The van der Waals surface area contributed by atoms with Crippen LogP contribution < -0.4 is 0 Å². The van der Waals surface area contributed by atoms with Gasteiger partial charge in [0.2, 0.25) is 0 Å². The monoisotopic (exact) mass is 235 g/mol. The molecular formula is C6H3Cl2N3O3. The van der Waals surface area contributed by atoms with Crippen molar-refractivity contribution in [3.8, 4) is 0 Å². The molecule has 0 aliphatic heterocycles. The molecule has 0 N–H and O–H groups in total. The minimum Gasteiger partial charge on any atom is -0.590 e. The summed E-state index contributed by atoms with van der Waals surface area (Å²) < 4.78 is 0. The molecule has 1 aromatic carbocycles. The minimum atomic E-state index is -1.11. The topological polar surface area (TPSA) is 81.6 Å². The smallest absolute Gasteiger partial charge is 0.349 e. The van der Waals surface area contributed by atoms with E-state index in [-0.39, 0.29) is 15.6 Å². The van der Waals surface area contributed by atoms with Crippen LogP contribution in [0.25, 0.3) is 0 Å². The van der Waals surface area contributed by atoms with Gasteiger partial charge in [-0.15, -0.1) is 0 Å². The third kappa shape index (κ3) is 2.54. The molecule has 74 valence electrons. The standard InChI is InChI=1S/C6H3Cl2N3O3/c7-4-1-2-6(5(8)3-4)10(12)9-11(13)14/h1-3H. The Morgan fingerprint density at radius 3 is 2.43 bits per heavy atom. The third-order valence-corrected chi connectivity index (χ3v) is 1.81. The first-order chi connectivity index (χ1) is 6.50. The second kappa shape index (κ2) is 4.21. The van der Waals surface area contributed by atoms with Crippen LogP contribution in [0.2, 0.25) is 10.0 Å². The van der Waals surface area contributed by atoms with Crippen molar-refractivity contribution < 1.29 is 9.89 Å². The van der Waals surface area contributed by atoms with Gasteiger partial charge in [-0.05, 0) is 12.1 Å². The van der Waals surface area contributed by atoms with Crippen LogP contribution in [0.1, 0.15) is 0 Å². The maximum Gasteiger partial charge on any atom is 0.349 e. The average molecular weight is 236 g/mol. The van der Waals surface area contributed by atoms with Gasteiger partial charge in [0, 0.05) is 15.9 Å². The second-order valence-corrected chi connectivity index (χ2v) is 3.04. The molecule has 1 aromatic rings. The molecule has 0 aliphatic carbocycles. The van der Waals surface area contributed by atoms with E-state index in [2.05, 4.69) is 5.22 Å². The number of nitro groups is 1. The van der Waals surface area contributed by atoms with Gasteiger partial charge < -0.3 is 5.21 Å². The normalized spacial score (nSPS) is 11.4. The van der Waals surface area contributed by atoms with Crippen molar-refractivity contribution in [3.63, 3.8) is 0 Å². The first kappa shape index (κ1) is 10.7. The summed E-state index contributed by atoms with van der Waals surface area (Å²) in [5.74, 6) is 0. The highest BCUT2D eigenvalue weighted by atomic mass is 35.5. The zero-order valence-electron chi connectivity index (χ0n) is 6.55. The molecule has 0 bridgehead atoms. The van der Waals surface area contributed by atoms with Gasteiger partial charge in [0.25, 0.3) is 10.7 Å². The van der Waals surface area contributed by atoms with Crippen molar-refractivity contribution in [3.05, 3.63) is 43.6 Å². The van der Waals surface area contributed by atoms with E-state index in [1.807, 2.05) is 0 Å². The lowest BCUT2D eigenvalue weighted by molar-refractivity contribution is -0.642. The van der Waals surface area contributed by atoms with Crippen LogP contribution >= 0.6 is 23.2 Å². The molecule has 0 unspecified atom stereocenters. The number of hydrogen-bond donors (Lipinski definition) is 0. The van der Waals surface area contributed by atoms with Gasteiger partial charge in [0.15, 0.2) is 0 Å². The van der Waals surface area contributed by atoms with E-state index in [1.54, 1.807) is 0 Å². The Balaban J connectivity index is 3.14. The van der Waals surface area contributed by atoms with Gasteiger partial charge in [0.1, 0.15) is 5.02 Å². The average Bonchev–Trinajstić information content (AvgIpc) is 2.01. The molecule has 0 heterocycles. The number of hydrogen-bond acceptors (Lipinski definition) is 3. The predicted octanol–water partition coefficient (Wildman–Crippen LogP) is 2.78. The quantitative estimate of drug-likeness (QED) is 0.342. The zero-order chi connectivity index (χ0) is 10.7. The van der Waals surface area contributed by atoms with E-state index in [4.69, 9.17) is 23.2 Å². The summed E-state index contributed by atoms with van der Waals surface area (Å²) in [4.78, 5) is 9.71. The summed E-state index contributed by atoms with van der Waals surface area (Å²) in [6.07, 6.45) is 0. The van der Waals surface area contributed by atoms with Crippen LogP contribution in [0.5, 0.6) is 0 Å². The summed E-state index contributed by atoms with van der Waals surface area (Å²) in [7, 11) is 0. The highest BCUT2D eigenvalue weighted by molar-refractivity contribution is 6.35. The predicted molar refractivity (Wildman–Crippen MR) is 49.2 cm³/mol. The van der Waals surface area contributed by atoms with E-state index >= 15 is 0 Å². The molecule has 0 aliphatic rings. The molecule has 14 heavy (non-hydrogen) atoms. The van der Waals surface area contributed by atoms with Crippen molar-refractivity contribution in [2.45, 2.75) is 0 Å². The molecule has 1 rings (SSSR count). The molecular weight excluding hydrogens is 233 g/mol. The zero-order valence-corrected chi connectivity index (χ0v) is 8.07. The highest BCUT2D eigenvalue weighted by Gasteiger charge is 2.13. The van der Waals surface area contributed by atoms with Crippen molar-refractivity contribution >= 4 is 28.9 Å². The lowest BCUT2D eigenvalue weighted by Crippen LogP contribution is -1.97. The number of rotatable bonds is 2. The van der Waals surface area contributed by atoms with Crippen LogP contribution in [0.4, 0.5) is 5.69 Å². The van der Waals surface area contributed by atoms with E-state index in [0.29, 0.717) is 5.02 Å². The number of benzene rings is 1. The van der Waals surface area contributed by atoms with Crippen molar-refractivity contribution in [2.24, 2.45) is 5.22 Å². The van der Waals surface area contributed by atoms with Gasteiger partial charge in [-0.25, -0.2) is 10.1 Å². The fourth-order valence-corrected chi connectivity index (χ4v) is 1.23. The summed E-state index contributed by atoms with van der Waals surface area (Å²) in [6.45, 7) is 0. The molecule has 0 spiro atoms. The summed E-state index contributed by atoms with van der Waals surface area (Å²) in [6, 6.07) is 3.91. The maximum atomic E-state index is 11.0. The minimum absolute atomic E-state index is 0.00176. The van der Waals surface area contributed by atoms with Crippen molar-refractivity contribution in [1.82, 2.24) is 0 Å². The van der Waals surface area contributed by atoms with Gasteiger partial charge >= 0.3 is 5.22 Å². The number of nitrogens with zero attached hydrogens (tertiary/aromatic N) is 3. The fraction of sp³-hybridized carbons (Fsp3) is 0. The Morgan fingerprint density at radius 2 is 1.93 bits per heavy atom. The first-order valence-electron chi connectivity index (χ1n) is 3.29. The first-order valence-corrected chi connectivity index (χ1v) is 4.04. The molecule has 0 saturated heterocycles. The van der Waals surface area contributed by atoms with Crippen LogP contribution in [0, 0.1) is 15.3 Å². The van der Waals surface area contributed by atoms with Gasteiger partial charge in [0.05, 0.1) is 0 Å². The van der Waals surface area contributed by atoms with E-state index in [1.165, 1.54) is 18.2 Å². The largest absolute Gasteiger partial charge is 0.590 e. The van der Waals surface area contributed by atoms with Crippen molar-refractivity contribution in [2.75, 3.05) is 0 Å². The Labute approximate surface area is 88.1 Å². The molecule has 0 radical (unpaired) electrons. The van der Waals surface area contributed by atoms with Crippen LogP contribution in [-0.4, -0.2) is 9.89 Å². The molecule has 8 heteroatoms. The molecule has 0 saturated carbocycles. The van der Waals surface area contributed by atoms with Crippen LogP contribution in [0.3, 0.4) is 0 Å². The Morgan fingerprint density at radius 1 is 1.29 bits per heavy atom. The lowest BCUT2D eigenvalue weighted by Gasteiger charge is -1.97. The van der Waals surface area contributed by atoms with E-state index < -0.39 is 5.03 Å². The lowest BCUT2D eigenvalue weighted by atomic mass is 10.3.